The van der Waals surface area contributed by atoms with Crippen LogP contribution in [0, 0.1) is 11.8 Å². The van der Waals surface area contributed by atoms with E-state index in [2.05, 4.69) is 21.1 Å². The van der Waals surface area contributed by atoms with Crippen molar-refractivity contribution in [2.45, 2.75) is 50.7 Å². The summed E-state index contributed by atoms with van der Waals surface area (Å²) in [6.07, 6.45) is 7.83. The molecule has 88 valence electrons. The second kappa shape index (κ2) is 4.06. The maximum absolute atomic E-state index is 10.2. The lowest BCUT2D eigenvalue weighted by Gasteiger charge is -2.46. The van der Waals surface area contributed by atoms with Crippen molar-refractivity contribution in [3.05, 3.63) is 0 Å². The van der Waals surface area contributed by atoms with Crippen LogP contribution in [0.3, 0.4) is 0 Å². The molecule has 0 aliphatic heterocycles. The van der Waals surface area contributed by atoms with Crippen molar-refractivity contribution in [3.63, 3.8) is 0 Å². The molecule has 1 N–H and O–H groups in total. The Kier molecular flexibility index (Phi) is 3.09. The molecule has 2 fully saturated rings. The van der Waals surface area contributed by atoms with Crippen molar-refractivity contribution in [2.75, 3.05) is 21.1 Å². The molecule has 0 spiro atoms. The molecule has 2 rings (SSSR count). The minimum atomic E-state index is -0.0654. The Morgan fingerprint density at radius 1 is 0.933 bits per heavy atom. The molecule has 0 aromatic rings. The summed E-state index contributed by atoms with van der Waals surface area (Å²) < 4.78 is 0.921. The molecular weight excluding hydrogens is 186 g/mol. The lowest BCUT2D eigenvalue weighted by Crippen LogP contribution is -2.56. The van der Waals surface area contributed by atoms with Crippen LogP contribution in [0.25, 0.3) is 0 Å². The number of hydrogen-bond donors (Lipinski definition) is 1. The molecule has 0 amide bonds. The van der Waals surface area contributed by atoms with Crippen molar-refractivity contribution in [3.8, 4) is 0 Å². The maximum Gasteiger partial charge on any atom is 0.115 e. The minimum absolute atomic E-state index is 0.0654. The van der Waals surface area contributed by atoms with Crippen molar-refractivity contribution < 1.29 is 9.59 Å². The highest BCUT2D eigenvalue weighted by atomic mass is 16.3. The van der Waals surface area contributed by atoms with Gasteiger partial charge in [-0.05, 0) is 24.7 Å². The van der Waals surface area contributed by atoms with Gasteiger partial charge in [-0.3, -0.25) is 0 Å². The van der Waals surface area contributed by atoms with E-state index in [1.165, 1.54) is 32.1 Å². The van der Waals surface area contributed by atoms with Crippen LogP contribution in [0.5, 0.6) is 0 Å². The van der Waals surface area contributed by atoms with Gasteiger partial charge in [0.25, 0.3) is 0 Å². The summed E-state index contributed by atoms with van der Waals surface area (Å²) in [4.78, 5) is 0. The predicted molar refractivity (Wildman–Crippen MR) is 62.5 cm³/mol. The van der Waals surface area contributed by atoms with Crippen LogP contribution >= 0.6 is 0 Å². The summed E-state index contributed by atoms with van der Waals surface area (Å²) in [5.41, 5.74) is 0. The third kappa shape index (κ3) is 2.36. The summed E-state index contributed by atoms with van der Waals surface area (Å²) in [5.74, 6) is 1.74. The van der Waals surface area contributed by atoms with E-state index in [0.717, 1.165) is 22.7 Å². The Hall–Kier alpha value is -0.0800. The van der Waals surface area contributed by atoms with Crippen LogP contribution in [0.2, 0.25) is 0 Å². The van der Waals surface area contributed by atoms with Gasteiger partial charge < -0.3 is 9.59 Å². The van der Waals surface area contributed by atoms with E-state index in [-0.39, 0.29) is 6.10 Å². The summed E-state index contributed by atoms with van der Waals surface area (Å²) in [6, 6.07) is 0.462. The SMILES string of the molecule is C[N+](C)(C)[C@H]1C[C@H]2CCCC[C@@H]2C[C@H]1O. The zero-order chi connectivity index (χ0) is 11.1. The lowest BCUT2D eigenvalue weighted by atomic mass is 9.68. The van der Waals surface area contributed by atoms with Gasteiger partial charge in [-0.2, -0.15) is 0 Å². The first-order valence-corrected chi connectivity index (χ1v) is 6.47. The fraction of sp³-hybridized carbons (Fsp3) is 1.00. The van der Waals surface area contributed by atoms with Crippen molar-refractivity contribution in [1.82, 2.24) is 0 Å². The van der Waals surface area contributed by atoms with Gasteiger partial charge in [0.2, 0.25) is 0 Å². The monoisotopic (exact) mass is 212 g/mol. The van der Waals surface area contributed by atoms with Crippen LogP contribution in [-0.2, 0) is 0 Å². The second-order valence-electron chi connectivity index (χ2n) is 6.53. The maximum atomic E-state index is 10.2. The summed E-state index contributed by atoms with van der Waals surface area (Å²) >= 11 is 0. The van der Waals surface area contributed by atoms with Gasteiger partial charge in [-0.1, -0.05) is 19.3 Å². The molecule has 0 bridgehead atoms. The van der Waals surface area contributed by atoms with Crippen LogP contribution in [0.15, 0.2) is 0 Å². The van der Waals surface area contributed by atoms with E-state index in [0.29, 0.717) is 6.04 Å². The molecule has 2 saturated carbocycles. The fourth-order valence-corrected chi connectivity index (χ4v) is 3.67. The quantitative estimate of drug-likeness (QED) is 0.659. The number of nitrogens with zero attached hydrogens (tertiary/aromatic N) is 1. The van der Waals surface area contributed by atoms with Gasteiger partial charge in [0, 0.05) is 6.42 Å². The van der Waals surface area contributed by atoms with Crippen molar-refractivity contribution in [1.29, 1.82) is 0 Å². The molecular formula is C13H26NO+. The molecule has 2 aliphatic carbocycles. The average Bonchev–Trinajstić information content (AvgIpc) is 2.15. The number of aliphatic hydroxyl groups excluding tert-OH is 1. The summed E-state index contributed by atoms with van der Waals surface area (Å²) in [7, 11) is 6.66. The third-order valence-corrected chi connectivity index (χ3v) is 4.59. The Morgan fingerprint density at radius 3 is 2.00 bits per heavy atom. The Balaban J connectivity index is 2.05. The molecule has 0 heterocycles. The highest BCUT2D eigenvalue weighted by Crippen LogP contribution is 2.42. The molecule has 2 nitrogen and oxygen atoms in total. The number of aliphatic hydroxyl groups is 1. The summed E-state index contributed by atoms with van der Waals surface area (Å²) in [6.45, 7) is 0. The van der Waals surface area contributed by atoms with Crippen LogP contribution < -0.4 is 0 Å². The fourth-order valence-electron chi connectivity index (χ4n) is 3.67. The first-order valence-electron chi connectivity index (χ1n) is 6.47. The van der Waals surface area contributed by atoms with E-state index >= 15 is 0 Å². The van der Waals surface area contributed by atoms with E-state index in [4.69, 9.17) is 0 Å². The molecule has 0 saturated heterocycles. The zero-order valence-corrected chi connectivity index (χ0v) is 10.4. The summed E-state index contributed by atoms with van der Waals surface area (Å²) in [5, 5.41) is 10.2. The predicted octanol–water partition coefficient (Wildman–Crippen LogP) is 2.02. The van der Waals surface area contributed by atoms with Gasteiger partial charge in [-0.25, -0.2) is 0 Å². The Morgan fingerprint density at radius 2 is 1.47 bits per heavy atom. The largest absolute Gasteiger partial charge is 0.387 e. The first kappa shape index (κ1) is 11.4. The van der Waals surface area contributed by atoms with E-state index < -0.39 is 0 Å². The molecule has 0 unspecified atom stereocenters. The Labute approximate surface area is 93.9 Å². The number of quaternary nitrogens is 1. The van der Waals surface area contributed by atoms with E-state index in [1.807, 2.05) is 0 Å². The Bertz CT molecular complexity index is 221. The smallest absolute Gasteiger partial charge is 0.115 e. The van der Waals surface area contributed by atoms with Crippen LogP contribution in [0.4, 0.5) is 0 Å². The number of fused-ring (bicyclic) bond motifs is 1. The molecule has 0 radical (unpaired) electrons. The standard InChI is InChI=1S/C13H26NO/c1-14(2,3)12-8-10-6-4-5-7-11(10)9-13(12)15/h10-13,15H,4-9H2,1-3H3/q+1/t10-,11-,12+,13-/m1/s1. The van der Waals surface area contributed by atoms with Gasteiger partial charge in [0.15, 0.2) is 0 Å². The average molecular weight is 212 g/mol. The highest BCUT2D eigenvalue weighted by molar-refractivity contribution is 4.88. The van der Waals surface area contributed by atoms with Gasteiger partial charge in [0.1, 0.15) is 12.1 Å². The van der Waals surface area contributed by atoms with Crippen LogP contribution in [0.1, 0.15) is 38.5 Å². The van der Waals surface area contributed by atoms with Gasteiger partial charge in [-0.15, -0.1) is 0 Å². The number of rotatable bonds is 1. The van der Waals surface area contributed by atoms with Crippen molar-refractivity contribution >= 4 is 0 Å². The van der Waals surface area contributed by atoms with E-state index in [1.54, 1.807) is 0 Å². The highest BCUT2D eigenvalue weighted by Gasteiger charge is 2.42. The minimum Gasteiger partial charge on any atom is -0.387 e. The third-order valence-electron chi connectivity index (χ3n) is 4.59. The topological polar surface area (TPSA) is 20.2 Å². The normalized spacial score (nSPS) is 42.4. The van der Waals surface area contributed by atoms with Gasteiger partial charge >= 0.3 is 0 Å². The molecule has 15 heavy (non-hydrogen) atoms. The lowest BCUT2D eigenvalue weighted by molar-refractivity contribution is -0.901. The zero-order valence-electron chi connectivity index (χ0n) is 10.4. The second-order valence-corrected chi connectivity index (χ2v) is 6.53. The van der Waals surface area contributed by atoms with E-state index in [9.17, 15) is 5.11 Å². The molecule has 4 atom stereocenters. The van der Waals surface area contributed by atoms with Crippen LogP contribution in [-0.4, -0.2) is 42.9 Å². The number of hydrogen-bond acceptors (Lipinski definition) is 1. The number of likely N-dealkylation sites (N-methyl/N-ethyl adjacent to an activating group) is 1. The molecule has 2 aliphatic rings. The first-order chi connectivity index (χ1) is 6.98. The van der Waals surface area contributed by atoms with Crippen molar-refractivity contribution in [2.24, 2.45) is 11.8 Å². The molecule has 0 aromatic heterocycles. The molecule has 0 aromatic carbocycles. The van der Waals surface area contributed by atoms with Gasteiger partial charge in [0.05, 0.1) is 21.1 Å². The molecule has 2 heteroatoms.